The Balaban J connectivity index is 1.61. The van der Waals surface area contributed by atoms with Crippen LogP contribution >= 0.6 is 0 Å². The highest BCUT2D eigenvalue weighted by atomic mass is 16.5. The van der Waals surface area contributed by atoms with Crippen LogP contribution in [-0.4, -0.2) is 23.0 Å². The van der Waals surface area contributed by atoms with E-state index < -0.39 is 0 Å². The molecule has 3 aromatic rings. The van der Waals surface area contributed by atoms with Crippen molar-refractivity contribution in [1.82, 2.24) is 9.97 Å². The number of pyridine rings is 2. The molecule has 6 heteroatoms. The summed E-state index contributed by atoms with van der Waals surface area (Å²) in [4.78, 5) is 20.9. The summed E-state index contributed by atoms with van der Waals surface area (Å²) >= 11 is 0. The first-order valence-electron chi connectivity index (χ1n) is 7.80. The van der Waals surface area contributed by atoms with Crippen LogP contribution in [-0.2, 0) is 6.54 Å². The number of nitrogens with one attached hydrogen (secondary N) is 2. The zero-order chi connectivity index (χ0) is 17.5. The quantitative estimate of drug-likeness (QED) is 0.723. The summed E-state index contributed by atoms with van der Waals surface area (Å²) in [6, 6.07) is 16.4. The van der Waals surface area contributed by atoms with Crippen LogP contribution in [0.2, 0.25) is 0 Å². The zero-order valence-electron chi connectivity index (χ0n) is 13.8. The average molecular weight is 334 g/mol. The van der Waals surface area contributed by atoms with Gasteiger partial charge in [-0.05, 0) is 36.4 Å². The normalized spacial score (nSPS) is 10.1. The summed E-state index contributed by atoms with van der Waals surface area (Å²) in [7, 11) is 1.54. The number of hydrogen-bond acceptors (Lipinski definition) is 5. The molecular formula is C19H18N4O2. The van der Waals surface area contributed by atoms with Crippen molar-refractivity contribution < 1.29 is 9.53 Å². The molecule has 0 atom stereocenters. The summed E-state index contributed by atoms with van der Waals surface area (Å²) in [5.74, 6) is 0.996. The number of benzene rings is 1. The second kappa shape index (κ2) is 7.92. The molecule has 0 saturated carbocycles. The molecule has 0 aliphatic rings. The lowest BCUT2D eigenvalue weighted by Crippen LogP contribution is -2.13. The molecule has 0 aliphatic heterocycles. The standard InChI is InChI=1S/C19H18N4O2/c1-25-17-8-3-2-7-16(17)19(24)23-15-9-10-18(22-13-15)21-12-14-6-4-5-11-20-14/h2-11,13H,12H2,1H3,(H,21,22)(H,23,24). The van der Waals surface area contributed by atoms with E-state index in [9.17, 15) is 4.79 Å². The van der Waals surface area contributed by atoms with Gasteiger partial charge in [0.05, 0.1) is 36.8 Å². The molecule has 3 rings (SSSR count). The van der Waals surface area contributed by atoms with Crippen molar-refractivity contribution in [2.75, 3.05) is 17.7 Å². The Kier molecular flexibility index (Phi) is 5.21. The number of amides is 1. The summed E-state index contributed by atoms with van der Waals surface area (Å²) in [5.41, 5.74) is 2.01. The van der Waals surface area contributed by atoms with Crippen LogP contribution in [0.4, 0.5) is 11.5 Å². The first-order valence-corrected chi connectivity index (χ1v) is 7.80. The number of carbonyl (C=O) groups excluding carboxylic acids is 1. The number of methoxy groups -OCH3 is 1. The molecule has 1 aromatic carbocycles. The summed E-state index contributed by atoms with van der Waals surface area (Å²) in [6.07, 6.45) is 3.36. The number of ether oxygens (including phenoxy) is 1. The molecule has 0 fully saturated rings. The Morgan fingerprint density at radius 2 is 1.88 bits per heavy atom. The number of hydrogen-bond donors (Lipinski definition) is 2. The van der Waals surface area contributed by atoms with E-state index in [2.05, 4.69) is 20.6 Å². The van der Waals surface area contributed by atoms with Gasteiger partial charge < -0.3 is 15.4 Å². The molecule has 2 N–H and O–H groups in total. The maximum atomic E-state index is 12.3. The van der Waals surface area contributed by atoms with Crippen LogP contribution in [0.1, 0.15) is 16.1 Å². The van der Waals surface area contributed by atoms with Gasteiger partial charge in [-0.3, -0.25) is 9.78 Å². The smallest absolute Gasteiger partial charge is 0.259 e. The fourth-order valence-corrected chi connectivity index (χ4v) is 2.29. The monoisotopic (exact) mass is 334 g/mol. The molecule has 0 aliphatic carbocycles. The molecule has 2 aromatic heterocycles. The van der Waals surface area contributed by atoms with Gasteiger partial charge in [0.25, 0.3) is 5.91 Å². The lowest BCUT2D eigenvalue weighted by molar-refractivity contribution is 0.102. The minimum Gasteiger partial charge on any atom is -0.496 e. The third-order valence-corrected chi connectivity index (χ3v) is 3.55. The number of carbonyl (C=O) groups is 1. The first-order chi connectivity index (χ1) is 12.3. The van der Waals surface area contributed by atoms with Gasteiger partial charge in [0.15, 0.2) is 0 Å². The van der Waals surface area contributed by atoms with Crippen molar-refractivity contribution in [3.63, 3.8) is 0 Å². The molecule has 0 spiro atoms. The van der Waals surface area contributed by atoms with E-state index in [1.54, 1.807) is 42.7 Å². The van der Waals surface area contributed by atoms with Gasteiger partial charge in [0.1, 0.15) is 11.6 Å². The number of anilines is 2. The van der Waals surface area contributed by atoms with Gasteiger partial charge in [-0.1, -0.05) is 18.2 Å². The van der Waals surface area contributed by atoms with Gasteiger partial charge in [-0.25, -0.2) is 4.98 Å². The zero-order valence-corrected chi connectivity index (χ0v) is 13.8. The average Bonchev–Trinajstić information content (AvgIpc) is 2.68. The predicted octanol–water partition coefficient (Wildman–Crippen LogP) is 3.35. The summed E-state index contributed by atoms with van der Waals surface area (Å²) in [5, 5.41) is 6.00. The van der Waals surface area contributed by atoms with Crippen molar-refractivity contribution in [2.45, 2.75) is 6.54 Å². The highest BCUT2D eigenvalue weighted by molar-refractivity contribution is 6.06. The largest absolute Gasteiger partial charge is 0.496 e. The molecule has 0 radical (unpaired) electrons. The highest BCUT2D eigenvalue weighted by Gasteiger charge is 2.11. The molecule has 25 heavy (non-hydrogen) atoms. The lowest BCUT2D eigenvalue weighted by atomic mass is 10.2. The van der Waals surface area contributed by atoms with Gasteiger partial charge in [-0.15, -0.1) is 0 Å². The fraction of sp³-hybridized carbons (Fsp3) is 0.105. The van der Waals surface area contributed by atoms with E-state index >= 15 is 0 Å². The summed E-state index contributed by atoms with van der Waals surface area (Å²) in [6.45, 7) is 0.584. The third kappa shape index (κ3) is 4.32. The summed E-state index contributed by atoms with van der Waals surface area (Å²) < 4.78 is 5.20. The maximum absolute atomic E-state index is 12.3. The molecule has 1 amide bonds. The van der Waals surface area contributed by atoms with Crippen molar-refractivity contribution in [3.05, 3.63) is 78.2 Å². The molecule has 126 valence electrons. The Hall–Kier alpha value is -3.41. The number of rotatable bonds is 6. The minimum absolute atomic E-state index is 0.242. The topological polar surface area (TPSA) is 76.1 Å². The molecular weight excluding hydrogens is 316 g/mol. The van der Waals surface area contributed by atoms with E-state index in [0.717, 1.165) is 5.69 Å². The first kappa shape index (κ1) is 16.4. The van der Waals surface area contributed by atoms with Crippen LogP contribution in [0.25, 0.3) is 0 Å². The van der Waals surface area contributed by atoms with Crippen molar-refractivity contribution in [2.24, 2.45) is 0 Å². The lowest BCUT2D eigenvalue weighted by Gasteiger charge is -2.10. The van der Waals surface area contributed by atoms with Gasteiger partial charge in [-0.2, -0.15) is 0 Å². The number of para-hydroxylation sites is 1. The second-order valence-electron chi connectivity index (χ2n) is 5.26. The fourth-order valence-electron chi connectivity index (χ4n) is 2.29. The Morgan fingerprint density at radius 3 is 2.60 bits per heavy atom. The SMILES string of the molecule is COc1ccccc1C(=O)Nc1ccc(NCc2ccccn2)nc1. The van der Waals surface area contributed by atoms with Crippen LogP contribution in [0.5, 0.6) is 5.75 Å². The van der Waals surface area contributed by atoms with Gasteiger partial charge in [0, 0.05) is 6.20 Å². The van der Waals surface area contributed by atoms with Gasteiger partial charge in [0.2, 0.25) is 0 Å². The maximum Gasteiger partial charge on any atom is 0.259 e. The predicted molar refractivity (Wildman–Crippen MR) is 96.7 cm³/mol. The van der Waals surface area contributed by atoms with Gasteiger partial charge >= 0.3 is 0 Å². The van der Waals surface area contributed by atoms with Crippen molar-refractivity contribution >= 4 is 17.4 Å². The van der Waals surface area contributed by atoms with E-state index in [-0.39, 0.29) is 5.91 Å². The third-order valence-electron chi connectivity index (χ3n) is 3.55. The van der Waals surface area contributed by atoms with E-state index in [4.69, 9.17) is 4.74 Å². The van der Waals surface area contributed by atoms with E-state index in [0.29, 0.717) is 29.4 Å². The van der Waals surface area contributed by atoms with Crippen LogP contribution < -0.4 is 15.4 Å². The molecule has 0 bridgehead atoms. The van der Waals surface area contributed by atoms with Crippen molar-refractivity contribution in [3.8, 4) is 5.75 Å². The highest BCUT2D eigenvalue weighted by Crippen LogP contribution is 2.19. The second-order valence-corrected chi connectivity index (χ2v) is 5.26. The number of nitrogens with zero attached hydrogens (tertiary/aromatic N) is 2. The Morgan fingerprint density at radius 1 is 1.04 bits per heavy atom. The van der Waals surface area contributed by atoms with Crippen LogP contribution in [0.15, 0.2) is 67.0 Å². The van der Waals surface area contributed by atoms with Crippen LogP contribution in [0.3, 0.4) is 0 Å². The van der Waals surface area contributed by atoms with E-state index in [1.165, 1.54) is 7.11 Å². The molecule has 0 saturated heterocycles. The van der Waals surface area contributed by atoms with Crippen LogP contribution in [0, 0.1) is 0 Å². The number of aromatic nitrogens is 2. The molecule has 0 unspecified atom stereocenters. The van der Waals surface area contributed by atoms with Crippen molar-refractivity contribution in [1.29, 1.82) is 0 Å². The molecule has 2 heterocycles. The molecule has 6 nitrogen and oxygen atoms in total. The van der Waals surface area contributed by atoms with E-state index in [1.807, 2.05) is 24.3 Å². The minimum atomic E-state index is -0.242. The Labute approximate surface area is 145 Å². The Bertz CT molecular complexity index is 836.